The summed E-state index contributed by atoms with van der Waals surface area (Å²) in [5.74, 6) is -0.269. The Labute approximate surface area is 108 Å². The zero-order valence-electron chi connectivity index (χ0n) is 10.1. The van der Waals surface area contributed by atoms with Gasteiger partial charge in [-0.2, -0.15) is 17.5 Å². The number of hydrogen-bond donors (Lipinski definition) is 0. The standard InChI is InChI=1S/C10H12F3NO4S/c1-7(2)14(6-10(11,12)13)19(16,17)9-4-3-8(5-15)18-9/h3-5,7H,6H2,1-2H3. The minimum atomic E-state index is -4.67. The maximum atomic E-state index is 12.4. The number of carbonyl (C=O) groups is 1. The van der Waals surface area contributed by atoms with Crippen LogP contribution in [0.1, 0.15) is 24.4 Å². The fourth-order valence-electron chi connectivity index (χ4n) is 1.37. The van der Waals surface area contributed by atoms with Crippen molar-refractivity contribution in [1.29, 1.82) is 0 Å². The summed E-state index contributed by atoms with van der Waals surface area (Å²) in [4.78, 5) is 10.4. The van der Waals surface area contributed by atoms with E-state index in [1.807, 2.05) is 0 Å². The maximum Gasteiger partial charge on any atom is 0.402 e. The molecule has 0 fully saturated rings. The molecule has 1 rings (SSSR count). The molecule has 1 aromatic rings. The third kappa shape index (κ3) is 3.80. The van der Waals surface area contributed by atoms with E-state index in [1.165, 1.54) is 13.8 Å². The predicted octanol–water partition coefficient (Wildman–Crippen LogP) is 2.05. The van der Waals surface area contributed by atoms with Crippen molar-refractivity contribution < 1.29 is 30.8 Å². The van der Waals surface area contributed by atoms with Crippen molar-refractivity contribution in [2.45, 2.75) is 31.2 Å². The van der Waals surface area contributed by atoms with E-state index in [4.69, 9.17) is 0 Å². The second kappa shape index (κ2) is 5.33. The molecule has 0 N–H and O–H groups in total. The lowest BCUT2D eigenvalue weighted by molar-refractivity contribution is -0.138. The van der Waals surface area contributed by atoms with Crippen molar-refractivity contribution >= 4 is 16.3 Å². The van der Waals surface area contributed by atoms with E-state index in [2.05, 4.69) is 4.42 Å². The highest BCUT2D eigenvalue weighted by atomic mass is 32.2. The second-order valence-electron chi connectivity index (χ2n) is 4.03. The highest BCUT2D eigenvalue weighted by Crippen LogP contribution is 2.25. The molecule has 0 bridgehead atoms. The first-order valence-electron chi connectivity index (χ1n) is 5.21. The van der Waals surface area contributed by atoms with Crippen LogP contribution in [0.2, 0.25) is 0 Å². The van der Waals surface area contributed by atoms with E-state index < -0.39 is 33.9 Å². The quantitative estimate of drug-likeness (QED) is 0.780. The Morgan fingerprint density at radius 1 is 1.37 bits per heavy atom. The highest BCUT2D eigenvalue weighted by molar-refractivity contribution is 7.89. The van der Waals surface area contributed by atoms with E-state index >= 15 is 0 Å². The van der Waals surface area contributed by atoms with Gasteiger partial charge in [0.2, 0.25) is 5.09 Å². The summed E-state index contributed by atoms with van der Waals surface area (Å²) < 4.78 is 66.1. The molecule has 1 heterocycles. The highest BCUT2D eigenvalue weighted by Gasteiger charge is 2.39. The van der Waals surface area contributed by atoms with E-state index in [0.29, 0.717) is 0 Å². The van der Waals surface area contributed by atoms with Crippen LogP contribution in [0.25, 0.3) is 0 Å². The van der Waals surface area contributed by atoms with Crippen molar-refractivity contribution in [1.82, 2.24) is 4.31 Å². The molecule has 0 amide bonds. The van der Waals surface area contributed by atoms with Crippen LogP contribution in [-0.4, -0.2) is 37.8 Å². The lowest BCUT2D eigenvalue weighted by Crippen LogP contribution is -2.43. The molecule has 0 saturated heterocycles. The number of halogens is 3. The number of hydrogen-bond acceptors (Lipinski definition) is 4. The summed E-state index contributed by atoms with van der Waals surface area (Å²) in [7, 11) is -4.43. The van der Waals surface area contributed by atoms with Crippen molar-refractivity contribution in [3.05, 3.63) is 17.9 Å². The molecule has 108 valence electrons. The second-order valence-corrected chi connectivity index (χ2v) is 5.86. The fourth-order valence-corrected chi connectivity index (χ4v) is 2.92. The third-order valence-electron chi connectivity index (χ3n) is 2.19. The lowest BCUT2D eigenvalue weighted by Gasteiger charge is -2.25. The number of sulfonamides is 1. The van der Waals surface area contributed by atoms with Crippen LogP contribution in [-0.2, 0) is 10.0 Å². The van der Waals surface area contributed by atoms with Crippen molar-refractivity contribution in [2.24, 2.45) is 0 Å². The minimum absolute atomic E-state index is 0.264. The van der Waals surface area contributed by atoms with Gasteiger partial charge < -0.3 is 4.42 Å². The molecule has 19 heavy (non-hydrogen) atoms. The van der Waals surface area contributed by atoms with Crippen LogP contribution in [0.4, 0.5) is 13.2 Å². The zero-order valence-corrected chi connectivity index (χ0v) is 11.0. The first kappa shape index (κ1) is 15.7. The molecule has 0 aliphatic rings. The van der Waals surface area contributed by atoms with Crippen LogP contribution in [0, 0.1) is 0 Å². The molecule has 1 aromatic heterocycles. The normalized spacial score (nSPS) is 13.2. The summed E-state index contributed by atoms with van der Waals surface area (Å²) in [6.07, 6.45) is -4.40. The van der Waals surface area contributed by atoms with Gasteiger partial charge in [-0.15, -0.1) is 0 Å². The number of alkyl halides is 3. The van der Waals surface area contributed by atoms with Crippen LogP contribution >= 0.6 is 0 Å². The Hall–Kier alpha value is -1.35. The number of aldehydes is 1. The van der Waals surface area contributed by atoms with Crippen LogP contribution in [0.5, 0.6) is 0 Å². The molecule has 0 saturated carbocycles. The summed E-state index contributed by atoms with van der Waals surface area (Å²) in [5, 5.41) is -0.687. The first-order valence-corrected chi connectivity index (χ1v) is 6.65. The number of nitrogens with zero attached hydrogens (tertiary/aromatic N) is 1. The number of furan rings is 1. The van der Waals surface area contributed by atoms with Gasteiger partial charge >= 0.3 is 6.18 Å². The molecule has 0 spiro atoms. The Bertz CT molecular complexity index is 547. The van der Waals surface area contributed by atoms with Crippen molar-refractivity contribution in [2.75, 3.05) is 6.54 Å². The fraction of sp³-hybridized carbons (Fsp3) is 0.500. The van der Waals surface area contributed by atoms with Gasteiger partial charge in [-0.05, 0) is 26.0 Å². The Kier molecular flexibility index (Phi) is 4.41. The molecule has 0 unspecified atom stereocenters. The molecule has 0 radical (unpaired) electrons. The molecule has 0 aliphatic heterocycles. The van der Waals surface area contributed by atoms with E-state index in [1.54, 1.807) is 0 Å². The monoisotopic (exact) mass is 299 g/mol. The van der Waals surface area contributed by atoms with Gasteiger partial charge in [0, 0.05) is 6.04 Å². The van der Waals surface area contributed by atoms with Gasteiger partial charge in [-0.3, -0.25) is 4.79 Å². The predicted molar refractivity (Wildman–Crippen MR) is 59.2 cm³/mol. The van der Waals surface area contributed by atoms with Crippen LogP contribution in [0.15, 0.2) is 21.6 Å². The summed E-state index contributed by atoms with van der Waals surface area (Å²) in [5.41, 5.74) is 0. The Morgan fingerprint density at radius 2 is 1.95 bits per heavy atom. The van der Waals surface area contributed by atoms with Crippen molar-refractivity contribution in [3.63, 3.8) is 0 Å². The SMILES string of the molecule is CC(C)N(CC(F)(F)F)S(=O)(=O)c1ccc(C=O)o1. The topological polar surface area (TPSA) is 67.6 Å². The average Bonchev–Trinajstić information content (AvgIpc) is 2.73. The summed E-state index contributed by atoms with van der Waals surface area (Å²) in [6.45, 7) is 1.00. The van der Waals surface area contributed by atoms with Gasteiger partial charge in [0.05, 0.1) is 0 Å². The van der Waals surface area contributed by atoms with Gasteiger partial charge in [0.15, 0.2) is 12.0 Å². The Balaban J connectivity index is 3.16. The number of carbonyl (C=O) groups excluding carboxylic acids is 1. The van der Waals surface area contributed by atoms with Gasteiger partial charge in [-0.25, -0.2) is 8.42 Å². The van der Waals surface area contributed by atoms with Gasteiger partial charge in [0.25, 0.3) is 10.0 Å². The van der Waals surface area contributed by atoms with Crippen LogP contribution < -0.4 is 0 Å². The summed E-state index contributed by atoms with van der Waals surface area (Å²) >= 11 is 0. The molecule has 0 aromatic carbocycles. The molecule has 9 heteroatoms. The average molecular weight is 299 g/mol. The van der Waals surface area contributed by atoms with Crippen molar-refractivity contribution in [3.8, 4) is 0 Å². The summed E-state index contributed by atoms with van der Waals surface area (Å²) in [6, 6.07) is 1.12. The molecule has 0 atom stereocenters. The largest absolute Gasteiger partial charge is 0.440 e. The lowest BCUT2D eigenvalue weighted by atomic mass is 10.4. The third-order valence-corrected chi connectivity index (χ3v) is 4.09. The first-order chi connectivity index (χ1) is 8.58. The van der Waals surface area contributed by atoms with E-state index in [-0.39, 0.29) is 16.4 Å². The van der Waals surface area contributed by atoms with E-state index in [9.17, 15) is 26.4 Å². The molecule has 0 aliphatic carbocycles. The van der Waals surface area contributed by atoms with Gasteiger partial charge in [0.1, 0.15) is 6.54 Å². The molecular weight excluding hydrogens is 287 g/mol. The zero-order chi connectivity index (χ0) is 14.8. The smallest absolute Gasteiger partial charge is 0.402 e. The minimum Gasteiger partial charge on any atom is -0.440 e. The number of rotatable bonds is 5. The molecular formula is C10H12F3NO4S. The van der Waals surface area contributed by atoms with Gasteiger partial charge in [-0.1, -0.05) is 0 Å². The maximum absolute atomic E-state index is 12.4. The Morgan fingerprint density at radius 3 is 2.32 bits per heavy atom. The van der Waals surface area contributed by atoms with E-state index in [0.717, 1.165) is 12.1 Å². The van der Waals surface area contributed by atoms with Crippen LogP contribution in [0.3, 0.4) is 0 Å². The molecule has 5 nitrogen and oxygen atoms in total.